The molecule has 12 nitrogen and oxygen atoms in total. The number of aliphatic hydroxyl groups is 1. The second-order valence-corrected chi connectivity index (χ2v) is 11.8. The normalized spacial score (nSPS) is 14.7. The number of thioether (sulfide) groups is 1. The summed E-state index contributed by atoms with van der Waals surface area (Å²) in [5, 5.41) is 9.68. The quantitative estimate of drug-likeness (QED) is 0.0881. The van der Waals surface area contributed by atoms with Crippen molar-refractivity contribution in [2.45, 2.75) is 97.6 Å². The van der Waals surface area contributed by atoms with Gasteiger partial charge in [-0.25, -0.2) is 0 Å². The molecule has 0 aromatic rings. The van der Waals surface area contributed by atoms with Gasteiger partial charge in [0.25, 0.3) is 0 Å². The molecule has 5 N–H and O–H groups in total. The molecule has 1 amide bonds. The van der Waals surface area contributed by atoms with Crippen molar-refractivity contribution in [2.75, 3.05) is 37.9 Å². The second kappa shape index (κ2) is 24.0. The summed E-state index contributed by atoms with van der Waals surface area (Å²) < 4.78 is 16.3. The zero-order valence-corrected chi connectivity index (χ0v) is 27.0. The highest BCUT2D eigenvalue weighted by Gasteiger charge is 2.25. The van der Waals surface area contributed by atoms with Crippen LogP contribution >= 0.6 is 11.8 Å². The van der Waals surface area contributed by atoms with Crippen LogP contribution in [0.2, 0.25) is 0 Å². The molecule has 5 atom stereocenters. The van der Waals surface area contributed by atoms with Crippen LogP contribution in [0, 0.1) is 17.8 Å². The summed E-state index contributed by atoms with van der Waals surface area (Å²) in [7, 11) is 0. The lowest BCUT2D eigenvalue weighted by atomic mass is 9.93. The van der Waals surface area contributed by atoms with E-state index in [1.54, 1.807) is 13.8 Å². The molecule has 13 heteroatoms. The molecule has 0 aliphatic rings. The average molecular weight is 633 g/mol. The minimum atomic E-state index is -0.878. The summed E-state index contributed by atoms with van der Waals surface area (Å²) in [5.41, 5.74) is 11.1. The third-order valence-electron chi connectivity index (χ3n) is 7.02. The van der Waals surface area contributed by atoms with Gasteiger partial charge in [-0.15, -0.1) is 0 Å². The number of carbonyl (C=O) groups is 6. The van der Waals surface area contributed by atoms with E-state index >= 15 is 0 Å². The van der Waals surface area contributed by atoms with E-state index in [0.717, 1.165) is 0 Å². The summed E-state index contributed by atoms with van der Waals surface area (Å²) in [5.74, 6) is -2.74. The van der Waals surface area contributed by atoms with Crippen LogP contribution in [0.25, 0.3) is 0 Å². The first kappa shape index (κ1) is 40.6. The van der Waals surface area contributed by atoms with Gasteiger partial charge in [0.15, 0.2) is 5.78 Å². The third kappa shape index (κ3) is 19.5. The van der Waals surface area contributed by atoms with Gasteiger partial charge in [0, 0.05) is 62.6 Å². The van der Waals surface area contributed by atoms with Crippen molar-refractivity contribution in [1.29, 1.82) is 0 Å². The maximum atomic E-state index is 12.7. The van der Waals surface area contributed by atoms with E-state index in [0.29, 0.717) is 31.4 Å². The first-order valence-electron chi connectivity index (χ1n) is 15.1. The molecule has 0 aliphatic heterocycles. The summed E-state index contributed by atoms with van der Waals surface area (Å²) in [4.78, 5) is 71.8. The van der Waals surface area contributed by atoms with Gasteiger partial charge in [-0.1, -0.05) is 27.7 Å². The molecule has 0 saturated carbocycles. The molecule has 0 bridgehead atoms. The van der Waals surface area contributed by atoms with Gasteiger partial charge in [-0.3, -0.25) is 28.8 Å². The number of amides is 1. The number of hydrogen-bond donors (Lipinski definition) is 3. The highest BCUT2D eigenvalue weighted by molar-refractivity contribution is 7.99. The standard InChI is InChI=1S/C30H52N2O10S/c1-5-20(3)29(38)41-15-12-24(42-30(39)21(4)6-2)18-43-19-25(31)27(36)16-22(17-33)26(35)8-7-13-40-14-11-23(34)9-10-28(32)37/h20-22,24-25,33H,5-19,31H2,1-4H3,(H2,32,37). The Morgan fingerprint density at radius 2 is 1.47 bits per heavy atom. The van der Waals surface area contributed by atoms with Gasteiger partial charge in [-0.2, -0.15) is 11.8 Å². The van der Waals surface area contributed by atoms with Crippen LogP contribution in [-0.4, -0.2) is 90.4 Å². The highest BCUT2D eigenvalue weighted by atomic mass is 32.2. The predicted molar refractivity (Wildman–Crippen MR) is 163 cm³/mol. The molecule has 0 radical (unpaired) electrons. The van der Waals surface area contributed by atoms with E-state index in [-0.39, 0.29) is 98.8 Å². The number of ether oxygens (including phenoxy) is 3. The number of Topliss-reactive ketones (excluding diaryl/α,β-unsaturated/α-hetero) is 3. The lowest BCUT2D eigenvalue weighted by molar-refractivity contribution is -0.154. The summed E-state index contributed by atoms with van der Waals surface area (Å²) in [6.07, 6.45) is 1.58. The van der Waals surface area contributed by atoms with Gasteiger partial charge >= 0.3 is 11.9 Å². The van der Waals surface area contributed by atoms with E-state index in [1.165, 1.54) is 11.8 Å². The molecule has 43 heavy (non-hydrogen) atoms. The first-order chi connectivity index (χ1) is 20.4. The fraction of sp³-hybridized carbons (Fsp3) is 0.800. The third-order valence-corrected chi connectivity index (χ3v) is 8.22. The Labute approximate surface area is 259 Å². The molecular weight excluding hydrogens is 580 g/mol. The molecule has 248 valence electrons. The van der Waals surface area contributed by atoms with Crippen LogP contribution in [0.4, 0.5) is 0 Å². The van der Waals surface area contributed by atoms with E-state index in [4.69, 9.17) is 25.7 Å². The Bertz CT molecular complexity index is 885. The van der Waals surface area contributed by atoms with E-state index in [2.05, 4.69) is 0 Å². The van der Waals surface area contributed by atoms with Crippen LogP contribution in [0.1, 0.15) is 85.5 Å². The Balaban J connectivity index is 4.59. The van der Waals surface area contributed by atoms with E-state index in [9.17, 15) is 33.9 Å². The maximum absolute atomic E-state index is 12.7. The monoisotopic (exact) mass is 632 g/mol. The van der Waals surface area contributed by atoms with Crippen LogP contribution in [0.15, 0.2) is 0 Å². The fourth-order valence-electron chi connectivity index (χ4n) is 3.55. The van der Waals surface area contributed by atoms with Gasteiger partial charge in [0.2, 0.25) is 5.91 Å². The molecule has 0 aromatic heterocycles. The minimum absolute atomic E-state index is 0.00250. The molecule has 0 heterocycles. The zero-order chi connectivity index (χ0) is 32.8. The topological polar surface area (TPSA) is 202 Å². The molecule has 5 unspecified atom stereocenters. The van der Waals surface area contributed by atoms with Crippen molar-refractivity contribution < 1.29 is 48.1 Å². The van der Waals surface area contributed by atoms with Crippen molar-refractivity contribution in [3.8, 4) is 0 Å². The number of primary amides is 1. The summed E-state index contributed by atoms with van der Waals surface area (Å²) in [6.45, 7) is 7.35. The number of aliphatic hydroxyl groups excluding tert-OH is 1. The van der Waals surface area contributed by atoms with Gasteiger partial charge in [0.05, 0.1) is 37.7 Å². The minimum Gasteiger partial charge on any atom is -0.465 e. The molecule has 0 aromatic carbocycles. The number of hydrogen-bond acceptors (Lipinski definition) is 12. The van der Waals surface area contributed by atoms with Crippen molar-refractivity contribution in [1.82, 2.24) is 0 Å². The largest absolute Gasteiger partial charge is 0.465 e. The van der Waals surface area contributed by atoms with Crippen molar-refractivity contribution in [3.63, 3.8) is 0 Å². The second-order valence-electron chi connectivity index (χ2n) is 10.8. The molecule has 0 fully saturated rings. The first-order valence-corrected chi connectivity index (χ1v) is 16.3. The molecule has 0 spiro atoms. The Hall–Kier alpha value is -2.35. The SMILES string of the molecule is CCC(C)C(=O)OCCC(CSCC(N)C(=O)CC(CO)C(=O)CCCOCCC(=O)CCC(N)=O)OC(=O)C(C)CC. The van der Waals surface area contributed by atoms with Crippen LogP contribution < -0.4 is 11.5 Å². The number of ketones is 3. The van der Waals surface area contributed by atoms with Gasteiger partial charge in [-0.05, 0) is 19.3 Å². The Morgan fingerprint density at radius 3 is 2.07 bits per heavy atom. The molecular formula is C30H52N2O10S. The van der Waals surface area contributed by atoms with Crippen molar-refractivity contribution >= 4 is 47.0 Å². The van der Waals surface area contributed by atoms with Crippen LogP contribution in [-0.2, 0) is 43.0 Å². The molecule has 0 aliphatic carbocycles. The number of carbonyl (C=O) groups excluding carboxylic acids is 6. The molecule has 0 saturated heterocycles. The lowest BCUT2D eigenvalue weighted by Gasteiger charge is -2.21. The number of rotatable bonds is 27. The number of nitrogens with two attached hydrogens (primary N) is 2. The lowest BCUT2D eigenvalue weighted by Crippen LogP contribution is -2.36. The Kier molecular flexibility index (Phi) is 22.7. The fourth-order valence-corrected chi connectivity index (χ4v) is 4.62. The average Bonchev–Trinajstić information content (AvgIpc) is 2.98. The molecule has 0 rings (SSSR count). The highest BCUT2D eigenvalue weighted by Crippen LogP contribution is 2.17. The van der Waals surface area contributed by atoms with Crippen LogP contribution in [0.5, 0.6) is 0 Å². The summed E-state index contributed by atoms with van der Waals surface area (Å²) >= 11 is 1.33. The van der Waals surface area contributed by atoms with E-state index in [1.807, 2.05) is 13.8 Å². The van der Waals surface area contributed by atoms with Gasteiger partial charge < -0.3 is 30.8 Å². The maximum Gasteiger partial charge on any atom is 0.308 e. The van der Waals surface area contributed by atoms with Crippen molar-refractivity contribution in [3.05, 3.63) is 0 Å². The van der Waals surface area contributed by atoms with Gasteiger partial charge in [0.1, 0.15) is 17.7 Å². The smallest absolute Gasteiger partial charge is 0.308 e. The van der Waals surface area contributed by atoms with Crippen molar-refractivity contribution in [2.24, 2.45) is 29.2 Å². The zero-order valence-electron chi connectivity index (χ0n) is 26.2. The van der Waals surface area contributed by atoms with Crippen LogP contribution in [0.3, 0.4) is 0 Å². The summed E-state index contributed by atoms with van der Waals surface area (Å²) in [6, 6.07) is -0.878. The predicted octanol–water partition coefficient (Wildman–Crippen LogP) is 2.14. The Morgan fingerprint density at radius 1 is 0.814 bits per heavy atom. The van der Waals surface area contributed by atoms with E-state index < -0.39 is 30.6 Å². The number of esters is 2.